The van der Waals surface area contributed by atoms with Crippen LogP contribution in [0.5, 0.6) is 0 Å². The first-order valence-corrected chi connectivity index (χ1v) is 9.89. The highest BCUT2D eigenvalue weighted by Gasteiger charge is 2.30. The highest BCUT2D eigenvalue weighted by atomic mass is 127. The third-order valence-corrected chi connectivity index (χ3v) is 6.71. The van der Waals surface area contributed by atoms with Crippen molar-refractivity contribution in [3.8, 4) is 0 Å². The van der Waals surface area contributed by atoms with Crippen molar-refractivity contribution in [3.05, 3.63) is 53.7 Å². The zero-order valence-corrected chi connectivity index (χ0v) is 17.9. The second-order valence-corrected chi connectivity index (χ2v) is 8.37. The molecule has 23 heavy (non-hydrogen) atoms. The number of rotatable bonds is 2. The van der Waals surface area contributed by atoms with E-state index in [1.165, 1.54) is 11.8 Å². The third-order valence-electron chi connectivity index (χ3n) is 2.99. The molecule has 2 aromatic rings. The Hall–Kier alpha value is -0.580. The number of thioether (sulfide) groups is 1. The van der Waals surface area contributed by atoms with E-state index in [0.717, 1.165) is 18.4 Å². The van der Waals surface area contributed by atoms with Gasteiger partial charge in [-0.3, -0.25) is 9.69 Å². The van der Waals surface area contributed by atoms with Crippen LogP contribution in [0, 0.1) is 3.77 Å². The van der Waals surface area contributed by atoms with Crippen molar-refractivity contribution >= 4 is 89.1 Å². The first-order chi connectivity index (χ1) is 10.9. The molecule has 1 fully saturated rings. The van der Waals surface area contributed by atoms with Crippen molar-refractivity contribution in [2.24, 2.45) is 4.99 Å². The summed E-state index contributed by atoms with van der Waals surface area (Å²) in [6.07, 6.45) is 1.74. The van der Waals surface area contributed by atoms with Crippen LogP contribution in [0.1, 0.15) is 5.76 Å². The molecule has 1 aliphatic rings. The molecule has 118 valence electrons. The lowest BCUT2D eigenvalue weighted by Gasteiger charge is -2.06. The van der Waals surface area contributed by atoms with E-state index >= 15 is 0 Å². The molecule has 0 unspecified atom stereocenters. The molecule has 0 spiro atoms. The van der Waals surface area contributed by atoms with E-state index in [1.807, 2.05) is 30.3 Å². The van der Waals surface area contributed by atoms with Gasteiger partial charge >= 0.3 is 0 Å². The lowest BCUT2D eigenvalue weighted by Crippen LogP contribution is -2.23. The zero-order chi connectivity index (χ0) is 16.6. The highest BCUT2D eigenvalue weighted by molar-refractivity contribution is 14.1. The van der Waals surface area contributed by atoms with Crippen LogP contribution in [0.25, 0.3) is 6.08 Å². The fourth-order valence-corrected chi connectivity index (χ4v) is 3.79. The van der Waals surface area contributed by atoms with Gasteiger partial charge < -0.3 is 4.42 Å². The number of hydrogen-bond donors (Lipinski definition) is 0. The maximum atomic E-state index is 12.3. The van der Waals surface area contributed by atoms with E-state index in [-0.39, 0.29) is 5.91 Å². The van der Waals surface area contributed by atoms with E-state index in [2.05, 4.69) is 59.4 Å². The van der Waals surface area contributed by atoms with Crippen LogP contribution >= 0.6 is 66.2 Å². The number of benzene rings is 1. The van der Waals surface area contributed by atoms with Gasteiger partial charge in [-0.15, -0.1) is 0 Å². The van der Waals surface area contributed by atoms with Crippen molar-refractivity contribution in [2.75, 3.05) is 7.05 Å². The maximum absolute atomic E-state index is 12.3. The minimum absolute atomic E-state index is 0.0895. The Kier molecular flexibility index (Phi) is 5.34. The van der Waals surface area contributed by atoms with Gasteiger partial charge in [0.05, 0.1) is 15.1 Å². The molecule has 1 aromatic heterocycles. The average molecular weight is 568 g/mol. The molecule has 0 saturated carbocycles. The number of carbonyl (C=O) groups is 1. The Bertz CT molecular complexity index is 811. The Morgan fingerprint density at radius 1 is 1.30 bits per heavy atom. The number of amides is 1. The molecule has 0 aliphatic carbocycles. The molecule has 4 nitrogen and oxygen atoms in total. The summed E-state index contributed by atoms with van der Waals surface area (Å²) in [6, 6.07) is 9.46. The number of nitrogens with zero attached hydrogens (tertiary/aromatic N) is 2. The predicted molar refractivity (Wildman–Crippen MR) is 109 cm³/mol. The van der Waals surface area contributed by atoms with Gasteiger partial charge in [0.2, 0.25) is 0 Å². The number of aliphatic imine (C=N–C) groups is 1. The van der Waals surface area contributed by atoms with Gasteiger partial charge in [-0.1, -0.05) is 15.9 Å². The topological polar surface area (TPSA) is 45.8 Å². The zero-order valence-electron chi connectivity index (χ0n) is 11.7. The standard InChI is InChI=1S/C15H9Br2IN2O2S/c1-20-14(21)12(7-10-6-11(17)13(18)22-10)23-15(20)19-9-4-2-8(16)3-5-9/h2-7H,1H3/b12-7-,19-15?. The van der Waals surface area contributed by atoms with Gasteiger partial charge in [0.1, 0.15) is 5.76 Å². The number of amidine groups is 1. The van der Waals surface area contributed by atoms with Crippen LogP contribution in [0.4, 0.5) is 5.69 Å². The maximum Gasteiger partial charge on any atom is 0.266 e. The van der Waals surface area contributed by atoms with Gasteiger partial charge in [-0.25, -0.2) is 4.99 Å². The molecular weight excluding hydrogens is 559 g/mol. The minimum Gasteiger partial charge on any atom is -0.450 e. The molecule has 0 radical (unpaired) electrons. The van der Waals surface area contributed by atoms with E-state index in [0.29, 0.717) is 15.8 Å². The minimum atomic E-state index is -0.0895. The Morgan fingerprint density at radius 2 is 2.00 bits per heavy atom. The van der Waals surface area contributed by atoms with Crippen molar-refractivity contribution in [3.63, 3.8) is 0 Å². The lowest BCUT2D eigenvalue weighted by molar-refractivity contribution is -0.121. The summed E-state index contributed by atoms with van der Waals surface area (Å²) in [6.45, 7) is 0. The quantitative estimate of drug-likeness (QED) is 0.348. The molecule has 1 aromatic carbocycles. The van der Waals surface area contributed by atoms with Crippen molar-refractivity contribution < 1.29 is 9.21 Å². The van der Waals surface area contributed by atoms with E-state index in [9.17, 15) is 4.79 Å². The molecule has 3 rings (SSSR count). The molecule has 0 N–H and O–H groups in total. The van der Waals surface area contributed by atoms with Gasteiger partial charge in [0.25, 0.3) is 5.91 Å². The second kappa shape index (κ2) is 7.12. The largest absolute Gasteiger partial charge is 0.450 e. The second-order valence-electron chi connectivity index (χ2n) is 4.62. The molecule has 8 heteroatoms. The number of furan rings is 1. The number of hydrogen-bond acceptors (Lipinski definition) is 4. The van der Waals surface area contributed by atoms with Crippen molar-refractivity contribution in [1.29, 1.82) is 0 Å². The summed E-state index contributed by atoms with van der Waals surface area (Å²) in [4.78, 5) is 19.0. The Morgan fingerprint density at radius 3 is 2.61 bits per heavy atom. The van der Waals surface area contributed by atoms with Crippen molar-refractivity contribution in [1.82, 2.24) is 4.90 Å². The normalized spacial score (nSPS) is 18.4. The highest BCUT2D eigenvalue weighted by Crippen LogP contribution is 2.34. The lowest BCUT2D eigenvalue weighted by atomic mass is 10.3. The van der Waals surface area contributed by atoms with Gasteiger partial charge in [0, 0.05) is 40.2 Å². The van der Waals surface area contributed by atoms with Crippen LogP contribution in [0.3, 0.4) is 0 Å². The number of halogens is 3. The van der Waals surface area contributed by atoms with Gasteiger partial charge in [-0.2, -0.15) is 0 Å². The summed E-state index contributed by atoms with van der Waals surface area (Å²) in [5.74, 6) is 0.545. The molecule has 1 aliphatic heterocycles. The first-order valence-electron chi connectivity index (χ1n) is 6.41. The van der Waals surface area contributed by atoms with Crippen LogP contribution in [0.15, 0.2) is 53.6 Å². The van der Waals surface area contributed by atoms with E-state index in [1.54, 1.807) is 18.0 Å². The molecule has 0 bridgehead atoms. The third kappa shape index (κ3) is 3.92. The summed E-state index contributed by atoms with van der Waals surface area (Å²) in [5, 5.41) is 0.642. The van der Waals surface area contributed by atoms with Crippen molar-refractivity contribution in [2.45, 2.75) is 0 Å². The molecule has 0 atom stereocenters. The predicted octanol–water partition coefficient (Wildman–Crippen LogP) is 5.64. The van der Waals surface area contributed by atoms with Gasteiger partial charge in [0.15, 0.2) is 8.93 Å². The van der Waals surface area contributed by atoms with E-state index in [4.69, 9.17) is 4.42 Å². The molecular formula is C15H9Br2IN2O2S. The summed E-state index contributed by atoms with van der Waals surface area (Å²) in [7, 11) is 1.72. The van der Waals surface area contributed by atoms with Crippen LogP contribution in [-0.4, -0.2) is 23.0 Å². The van der Waals surface area contributed by atoms with Crippen LogP contribution in [0.2, 0.25) is 0 Å². The molecule has 1 amide bonds. The van der Waals surface area contributed by atoms with E-state index < -0.39 is 0 Å². The SMILES string of the molecule is CN1C(=O)/C(=C/c2cc(Br)c(I)o2)SC1=Nc1ccc(Br)cc1. The Balaban J connectivity index is 1.89. The van der Waals surface area contributed by atoms with Crippen LogP contribution in [-0.2, 0) is 4.79 Å². The first kappa shape index (κ1) is 17.2. The molecule has 2 heterocycles. The smallest absolute Gasteiger partial charge is 0.266 e. The summed E-state index contributed by atoms with van der Waals surface area (Å²) >= 11 is 10.2. The fourth-order valence-electron chi connectivity index (χ4n) is 1.84. The van der Waals surface area contributed by atoms with Crippen LogP contribution < -0.4 is 0 Å². The summed E-state index contributed by atoms with van der Waals surface area (Å²) in [5.41, 5.74) is 0.798. The Labute approximate surface area is 167 Å². The fraction of sp³-hybridized carbons (Fsp3) is 0.0667. The number of likely N-dealkylation sites (N-methyl/N-ethyl adjacent to an activating group) is 1. The van der Waals surface area contributed by atoms with Gasteiger partial charge in [-0.05, 0) is 58.0 Å². The molecule has 1 saturated heterocycles. The average Bonchev–Trinajstić information content (AvgIpc) is 2.96. The monoisotopic (exact) mass is 566 g/mol. The summed E-state index contributed by atoms with van der Waals surface area (Å²) < 4.78 is 8.17. The number of carbonyl (C=O) groups excluding carboxylic acids is 1.